The minimum atomic E-state index is -0.313. The molecule has 0 spiro atoms. The zero-order valence-electron chi connectivity index (χ0n) is 22.0. The molecule has 2 N–H and O–H groups in total. The smallest absolute Gasteiger partial charge is 0.410 e. The molecule has 3 heterocycles. The normalized spacial score (nSPS) is 13.4. The maximum absolute atomic E-state index is 12.7. The fourth-order valence-corrected chi connectivity index (χ4v) is 5.00. The Morgan fingerprint density at radius 2 is 1.65 bits per heavy atom. The van der Waals surface area contributed by atoms with Gasteiger partial charge in [-0.25, -0.2) is 14.8 Å². The molecule has 0 aliphatic carbocycles. The molecular formula is C30H28ClN7O2. The molecule has 10 heteroatoms. The van der Waals surface area contributed by atoms with Crippen molar-refractivity contribution in [3.8, 4) is 11.4 Å². The van der Waals surface area contributed by atoms with Crippen molar-refractivity contribution in [2.24, 2.45) is 0 Å². The van der Waals surface area contributed by atoms with Gasteiger partial charge in [-0.05, 0) is 36.8 Å². The number of fused-ring (bicyclic) bond motifs is 1. The summed E-state index contributed by atoms with van der Waals surface area (Å²) in [4.78, 5) is 26.4. The Morgan fingerprint density at radius 1 is 0.925 bits per heavy atom. The van der Waals surface area contributed by atoms with Gasteiger partial charge in [0, 0.05) is 42.7 Å². The van der Waals surface area contributed by atoms with Gasteiger partial charge in [0.05, 0.1) is 10.5 Å². The molecule has 6 rings (SSSR count). The third-order valence-electron chi connectivity index (χ3n) is 6.98. The Bertz CT molecular complexity index is 1650. The molecule has 202 valence electrons. The highest BCUT2D eigenvalue weighted by molar-refractivity contribution is 6.33. The van der Waals surface area contributed by atoms with E-state index in [0.29, 0.717) is 48.7 Å². The Labute approximate surface area is 236 Å². The predicted octanol–water partition coefficient (Wildman–Crippen LogP) is 6.18. The molecule has 1 saturated heterocycles. The second-order valence-electron chi connectivity index (χ2n) is 9.58. The van der Waals surface area contributed by atoms with Crippen LogP contribution in [-0.4, -0.2) is 57.3 Å². The number of H-pyrrole nitrogens is 1. The first-order valence-electron chi connectivity index (χ1n) is 13.1. The van der Waals surface area contributed by atoms with E-state index >= 15 is 0 Å². The quantitative estimate of drug-likeness (QED) is 0.259. The van der Waals surface area contributed by atoms with Crippen LogP contribution in [0, 0.1) is 6.92 Å². The van der Waals surface area contributed by atoms with Gasteiger partial charge in [-0.3, -0.25) is 5.10 Å². The topological polar surface area (TPSA) is 99.3 Å². The first-order valence-corrected chi connectivity index (χ1v) is 13.5. The van der Waals surface area contributed by atoms with E-state index < -0.39 is 0 Å². The average molecular weight is 554 g/mol. The lowest BCUT2D eigenvalue weighted by Crippen LogP contribution is -2.49. The number of aromatic amines is 1. The summed E-state index contributed by atoms with van der Waals surface area (Å²) in [6.45, 7) is 4.49. The lowest BCUT2D eigenvalue weighted by atomic mass is 10.2. The number of hydrogen-bond donors (Lipinski definition) is 2. The molecule has 40 heavy (non-hydrogen) atoms. The number of carbonyl (C=O) groups is 1. The Kier molecular flexibility index (Phi) is 7.20. The summed E-state index contributed by atoms with van der Waals surface area (Å²) < 4.78 is 5.54. The number of ether oxygens (including phenoxy) is 1. The van der Waals surface area contributed by atoms with E-state index in [1.54, 1.807) is 4.90 Å². The number of para-hydroxylation sites is 1. The van der Waals surface area contributed by atoms with Gasteiger partial charge < -0.3 is 19.9 Å². The second-order valence-corrected chi connectivity index (χ2v) is 9.99. The van der Waals surface area contributed by atoms with Crippen molar-refractivity contribution in [2.45, 2.75) is 13.5 Å². The molecule has 1 aliphatic heterocycles. The van der Waals surface area contributed by atoms with Crippen molar-refractivity contribution < 1.29 is 9.53 Å². The summed E-state index contributed by atoms with van der Waals surface area (Å²) in [7, 11) is 0. The number of benzene rings is 3. The third kappa shape index (κ3) is 5.28. The highest BCUT2D eigenvalue weighted by atomic mass is 35.5. The molecule has 1 aliphatic rings. The number of hydrogen-bond acceptors (Lipinski definition) is 7. The average Bonchev–Trinajstić information content (AvgIpc) is 3.40. The van der Waals surface area contributed by atoms with Crippen LogP contribution in [0.2, 0.25) is 5.02 Å². The highest BCUT2D eigenvalue weighted by Crippen LogP contribution is 2.33. The summed E-state index contributed by atoms with van der Waals surface area (Å²) in [6.07, 6.45) is -0.313. The van der Waals surface area contributed by atoms with Crippen LogP contribution >= 0.6 is 11.6 Å². The number of piperazine rings is 1. The number of carbonyl (C=O) groups excluding carboxylic acids is 1. The van der Waals surface area contributed by atoms with Crippen molar-refractivity contribution in [2.75, 3.05) is 36.4 Å². The minimum absolute atomic E-state index is 0.253. The number of nitrogens with one attached hydrogen (secondary N) is 2. The maximum Gasteiger partial charge on any atom is 0.410 e. The van der Waals surface area contributed by atoms with Crippen LogP contribution in [0.1, 0.15) is 11.1 Å². The van der Waals surface area contributed by atoms with E-state index in [9.17, 15) is 4.79 Å². The van der Waals surface area contributed by atoms with Gasteiger partial charge in [-0.2, -0.15) is 5.10 Å². The Balaban J connectivity index is 1.25. The van der Waals surface area contributed by atoms with Gasteiger partial charge in [-0.1, -0.05) is 66.2 Å². The molecule has 0 unspecified atom stereocenters. The van der Waals surface area contributed by atoms with E-state index in [-0.39, 0.29) is 12.7 Å². The van der Waals surface area contributed by atoms with E-state index in [1.807, 2.05) is 85.8 Å². The van der Waals surface area contributed by atoms with E-state index in [1.165, 1.54) is 0 Å². The zero-order chi connectivity index (χ0) is 27.5. The zero-order valence-corrected chi connectivity index (χ0v) is 22.7. The van der Waals surface area contributed by atoms with Gasteiger partial charge >= 0.3 is 6.09 Å². The molecule has 0 atom stereocenters. The molecule has 1 amide bonds. The molecule has 0 bridgehead atoms. The highest BCUT2D eigenvalue weighted by Gasteiger charge is 2.26. The Hall–Kier alpha value is -4.63. The van der Waals surface area contributed by atoms with Gasteiger partial charge in [-0.15, -0.1) is 0 Å². The van der Waals surface area contributed by atoms with Gasteiger partial charge in [0.2, 0.25) is 0 Å². The molecule has 0 saturated carbocycles. The largest absolute Gasteiger partial charge is 0.445 e. The van der Waals surface area contributed by atoms with Crippen molar-refractivity contribution in [1.82, 2.24) is 25.1 Å². The van der Waals surface area contributed by atoms with Crippen LogP contribution < -0.4 is 10.2 Å². The first kappa shape index (κ1) is 25.6. The van der Waals surface area contributed by atoms with Crippen LogP contribution in [-0.2, 0) is 11.3 Å². The molecule has 0 radical (unpaired) electrons. The lowest BCUT2D eigenvalue weighted by molar-refractivity contribution is 0.0941. The monoisotopic (exact) mass is 553 g/mol. The molecule has 5 aromatic rings. The summed E-state index contributed by atoms with van der Waals surface area (Å²) in [5, 5.41) is 12.5. The SMILES string of the molecule is Cc1c(Nc2n[nH]c3ccccc23)nc(-c2ccccc2Cl)nc1N1CCN(C(=O)OCc2ccccc2)CC1. The van der Waals surface area contributed by atoms with Gasteiger partial charge in [0.15, 0.2) is 11.6 Å². The summed E-state index contributed by atoms with van der Waals surface area (Å²) >= 11 is 6.55. The maximum atomic E-state index is 12.7. The van der Waals surface area contributed by atoms with Crippen LogP contribution in [0.3, 0.4) is 0 Å². The van der Waals surface area contributed by atoms with Crippen molar-refractivity contribution in [3.63, 3.8) is 0 Å². The van der Waals surface area contributed by atoms with Crippen LogP contribution in [0.25, 0.3) is 22.3 Å². The molecular weight excluding hydrogens is 526 g/mol. The van der Waals surface area contributed by atoms with E-state index in [4.69, 9.17) is 26.3 Å². The number of amides is 1. The molecule has 2 aromatic heterocycles. The second kappa shape index (κ2) is 11.2. The number of rotatable bonds is 6. The number of halogens is 1. The predicted molar refractivity (Wildman–Crippen MR) is 157 cm³/mol. The lowest BCUT2D eigenvalue weighted by Gasteiger charge is -2.35. The summed E-state index contributed by atoms with van der Waals surface area (Å²) in [5.74, 6) is 2.61. The van der Waals surface area contributed by atoms with Crippen molar-refractivity contribution >= 4 is 46.1 Å². The first-order chi connectivity index (χ1) is 19.6. The third-order valence-corrected chi connectivity index (χ3v) is 7.31. The Morgan fingerprint density at radius 3 is 2.45 bits per heavy atom. The molecule has 3 aromatic carbocycles. The van der Waals surface area contributed by atoms with Crippen molar-refractivity contribution in [3.05, 3.63) is 95.0 Å². The van der Waals surface area contributed by atoms with Crippen molar-refractivity contribution in [1.29, 1.82) is 0 Å². The standard InChI is InChI=1S/C30H28ClN7O2/c1-20-26(33-28-23-12-6-8-14-25(23)35-36-28)32-27(22-11-5-7-13-24(22)31)34-29(20)37-15-17-38(18-16-37)30(39)40-19-21-9-3-2-4-10-21/h2-14H,15-19H2,1H3,(H2,32,33,34,35,36). The van der Waals surface area contributed by atoms with Crippen LogP contribution in [0.4, 0.5) is 22.2 Å². The van der Waals surface area contributed by atoms with Gasteiger partial charge in [0.1, 0.15) is 18.2 Å². The summed E-state index contributed by atoms with van der Waals surface area (Å²) in [6, 6.07) is 25.1. The number of aromatic nitrogens is 4. The van der Waals surface area contributed by atoms with E-state index in [2.05, 4.69) is 20.4 Å². The van der Waals surface area contributed by atoms with Crippen LogP contribution in [0.15, 0.2) is 78.9 Å². The fraction of sp³-hybridized carbons (Fsp3) is 0.200. The van der Waals surface area contributed by atoms with E-state index in [0.717, 1.165) is 33.4 Å². The van der Waals surface area contributed by atoms with Crippen LogP contribution in [0.5, 0.6) is 0 Å². The fourth-order valence-electron chi connectivity index (χ4n) is 4.78. The molecule has 9 nitrogen and oxygen atoms in total. The number of nitrogens with zero attached hydrogens (tertiary/aromatic N) is 5. The summed E-state index contributed by atoms with van der Waals surface area (Å²) in [5.41, 5.74) is 3.51. The minimum Gasteiger partial charge on any atom is -0.445 e. The molecule has 1 fully saturated rings. The number of anilines is 3. The van der Waals surface area contributed by atoms with Gasteiger partial charge in [0.25, 0.3) is 0 Å².